The lowest BCUT2D eigenvalue weighted by molar-refractivity contribution is 0.345. The van der Waals surface area contributed by atoms with Crippen LogP contribution in [0.5, 0.6) is 0 Å². The Morgan fingerprint density at radius 3 is 2.58 bits per heavy atom. The molecule has 1 aromatic carbocycles. The van der Waals surface area contributed by atoms with E-state index in [1.165, 1.54) is 10.5 Å². The van der Waals surface area contributed by atoms with Gasteiger partial charge in [0.25, 0.3) is 0 Å². The fourth-order valence-electron chi connectivity index (χ4n) is 2.83. The number of anilines is 2. The Labute approximate surface area is 147 Å². The molecule has 0 saturated heterocycles. The summed E-state index contributed by atoms with van der Waals surface area (Å²) in [5, 5.41) is 0. The summed E-state index contributed by atoms with van der Waals surface area (Å²) in [5.74, 6) is 2.66. The van der Waals surface area contributed by atoms with Crippen molar-refractivity contribution in [1.82, 2.24) is 9.97 Å². The second kappa shape index (κ2) is 7.40. The molecule has 0 aliphatic heterocycles. The van der Waals surface area contributed by atoms with Crippen molar-refractivity contribution < 1.29 is 0 Å². The van der Waals surface area contributed by atoms with Gasteiger partial charge in [0.1, 0.15) is 5.82 Å². The van der Waals surface area contributed by atoms with E-state index < -0.39 is 0 Å². The lowest BCUT2D eigenvalue weighted by Gasteiger charge is -2.32. The normalized spacial score (nSPS) is 19.8. The van der Waals surface area contributed by atoms with Crippen molar-refractivity contribution in [3.05, 3.63) is 41.6 Å². The summed E-state index contributed by atoms with van der Waals surface area (Å²) in [5.41, 5.74) is 14.1. The Morgan fingerprint density at radius 2 is 1.92 bits per heavy atom. The molecule has 1 saturated carbocycles. The van der Waals surface area contributed by atoms with Gasteiger partial charge >= 0.3 is 0 Å². The summed E-state index contributed by atoms with van der Waals surface area (Å²) in [6.07, 6.45) is 1.98. The van der Waals surface area contributed by atoms with Crippen LogP contribution in [0.15, 0.2) is 35.2 Å². The predicted molar refractivity (Wildman–Crippen MR) is 102 cm³/mol. The third-order valence-electron chi connectivity index (χ3n) is 4.45. The molecule has 0 amide bonds. The maximum absolute atomic E-state index is 5.90. The van der Waals surface area contributed by atoms with Crippen molar-refractivity contribution in [3.63, 3.8) is 0 Å². The van der Waals surface area contributed by atoms with Crippen LogP contribution < -0.4 is 16.4 Å². The van der Waals surface area contributed by atoms with Crippen LogP contribution >= 0.6 is 11.8 Å². The van der Waals surface area contributed by atoms with Gasteiger partial charge in [0.2, 0.25) is 5.95 Å². The highest BCUT2D eigenvalue weighted by Crippen LogP contribution is 2.35. The number of rotatable bonds is 6. The molecule has 0 atom stereocenters. The topological polar surface area (TPSA) is 81.1 Å². The average Bonchev–Trinajstić information content (AvgIpc) is 2.53. The predicted octanol–water partition coefficient (Wildman–Crippen LogP) is 2.80. The fourth-order valence-corrected chi connectivity index (χ4v) is 3.76. The summed E-state index contributed by atoms with van der Waals surface area (Å²) in [4.78, 5) is 12.2. The molecule has 0 unspecified atom stereocenters. The lowest BCUT2D eigenvalue weighted by Crippen LogP contribution is -2.35. The number of hydrogen-bond donors (Lipinski definition) is 2. The van der Waals surface area contributed by atoms with Gasteiger partial charge in [-0.15, -0.1) is 11.8 Å². The molecule has 128 valence electrons. The summed E-state index contributed by atoms with van der Waals surface area (Å²) in [6.45, 7) is 3.01. The minimum Gasteiger partial charge on any atom is -0.368 e. The van der Waals surface area contributed by atoms with Gasteiger partial charge in [-0.25, -0.2) is 4.98 Å². The molecule has 2 aromatic rings. The number of aryl methyl sites for hydroxylation is 1. The molecular formula is C18H25N5S. The highest BCUT2D eigenvalue weighted by molar-refractivity contribution is 7.99. The van der Waals surface area contributed by atoms with E-state index in [4.69, 9.17) is 11.5 Å². The van der Waals surface area contributed by atoms with E-state index in [0.717, 1.165) is 36.7 Å². The summed E-state index contributed by atoms with van der Waals surface area (Å²) >= 11 is 1.85. The maximum atomic E-state index is 5.90. The molecular weight excluding hydrogens is 318 g/mol. The molecule has 1 heterocycles. The lowest BCUT2D eigenvalue weighted by atomic mass is 9.78. The van der Waals surface area contributed by atoms with E-state index in [1.54, 1.807) is 0 Å². The zero-order chi connectivity index (χ0) is 17.1. The number of aromatic nitrogens is 2. The zero-order valence-electron chi connectivity index (χ0n) is 14.3. The smallest absolute Gasteiger partial charge is 0.222 e. The number of nitrogens with two attached hydrogens (primary N) is 2. The first-order valence-electron chi connectivity index (χ1n) is 8.32. The monoisotopic (exact) mass is 343 g/mol. The second-order valence-electron chi connectivity index (χ2n) is 6.52. The molecule has 5 nitrogen and oxygen atoms in total. The number of hydrogen-bond acceptors (Lipinski definition) is 6. The average molecular weight is 344 g/mol. The van der Waals surface area contributed by atoms with E-state index in [9.17, 15) is 0 Å². The van der Waals surface area contributed by atoms with Crippen molar-refractivity contribution in [2.45, 2.75) is 36.6 Å². The van der Waals surface area contributed by atoms with Gasteiger partial charge in [-0.3, -0.25) is 0 Å². The SMILES string of the molecule is Cc1ccc(SCCN(C)c2cc(C3CC(N)C3)nc(N)n2)cc1. The second-order valence-corrected chi connectivity index (χ2v) is 7.69. The van der Waals surface area contributed by atoms with Crippen molar-refractivity contribution in [3.8, 4) is 0 Å². The third-order valence-corrected chi connectivity index (χ3v) is 5.44. The van der Waals surface area contributed by atoms with Gasteiger partial charge < -0.3 is 16.4 Å². The molecule has 1 aliphatic rings. The Balaban J connectivity index is 1.58. The van der Waals surface area contributed by atoms with Crippen LogP contribution in [0.4, 0.5) is 11.8 Å². The number of nitrogen functional groups attached to an aromatic ring is 1. The quantitative estimate of drug-likeness (QED) is 0.785. The third kappa shape index (κ3) is 4.19. The standard InChI is InChI=1S/C18H25N5S/c1-12-3-5-15(6-4-12)24-8-7-23(2)17-11-16(21-18(20)22-17)13-9-14(19)10-13/h3-6,11,13-14H,7-10,19H2,1-2H3,(H2,20,21,22). The Bertz CT molecular complexity index is 682. The molecule has 3 rings (SSSR count). The maximum Gasteiger partial charge on any atom is 0.222 e. The van der Waals surface area contributed by atoms with Crippen molar-refractivity contribution >= 4 is 23.5 Å². The van der Waals surface area contributed by atoms with Gasteiger partial charge in [-0.2, -0.15) is 4.98 Å². The molecule has 0 radical (unpaired) electrons. The van der Waals surface area contributed by atoms with Crippen LogP contribution in [0.25, 0.3) is 0 Å². The molecule has 0 spiro atoms. The Hall–Kier alpha value is -1.79. The molecule has 1 fully saturated rings. The van der Waals surface area contributed by atoms with Crippen LogP contribution in [0, 0.1) is 6.92 Å². The van der Waals surface area contributed by atoms with Crippen molar-refractivity contribution in [1.29, 1.82) is 0 Å². The van der Waals surface area contributed by atoms with E-state index in [0.29, 0.717) is 17.9 Å². The van der Waals surface area contributed by atoms with Crippen LogP contribution in [0.1, 0.15) is 30.0 Å². The highest BCUT2D eigenvalue weighted by atomic mass is 32.2. The van der Waals surface area contributed by atoms with E-state index >= 15 is 0 Å². The summed E-state index contributed by atoms with van der Waals surface area (Å²) < 4.78 is 0. The van der Waals surface area contributed by atoms with E-state index in [1.807, 2.05) is 18.8 Å². The molecule has 6 heteroatoms. The summed E-state index contributed by atoms with van der Waals surface area (Å²) in [6, 6.07) is 11.0. The van der Waals surface area contributed by atoms with E-state index in [2.05, 4.69) is 52.1 Å². The first-order chi connectivity index (χ1) is 11.5. The minimum atomic E-state index is 0.304. The van der Waals surface area contributed by atoms with Crippen molar-refractivity contribution in [2.24, 2.45) is 5.73 Å². The Kier molecular flexibility index (Phi) is 5.26. The fraction of sp³-hybridized carbons (Fsp3) is 0.444. The Morgan fingerprint density at radius 1 is 1.21 bits per heavy atom. The van der Waals surface area contributed by atoms with Gasteiger partial charge in [0.05, 0.1) is 5.69 Å². The molecule has 0 bridgehead atoms. The molecule has 4 N–H and O–H groups in total. The van der Waals surface area contributed by atoms with Crippen molar-refractivity contribution in [2.75, 3.05) is 30.0 Å². The first-order valence-corrected chi connectivity index (χ1v) is 9.30. The first kappa shape index (κ1) is 17.0. The number of thioether (sulfide) groups is 1. The van der Waals surface area contributed by atoms with Crippen LogP contribution in [-0.2, 0) is 0 Å². The number of nitrogens with zero attached hydrogens (tertiary/aromatic N) is 3. The zero-order valence-corrected chi connectivity index (χ0v) is 15.1. The molecule has 24 heavy (non-hydrogen) atoms. The minimum absolute atomic E-state index is 0.304. The van der Waals surface area contributed by atoms with Crippen LogP contribution in [0.2, 0.25) is 0 Å². The van der Waals surface area contributed by atoms with E-state index in [-0.39, 0.29) is 0 Å². The molecule has 1 aromatic heterocycles. The van der Waals surface area contributed by atoms with Crippen LogP contribution in [0.3, 0.4) is 0 Å². The van der Waals surface area contributed by atoms with Gasteiger partial charge in [-0.1, -0.05) is 17.7 Å². The highest BCUT2D eigenvalue weighted by Gasteiger charge is 2.29. The van der Waals surface area contributed by atoms with Gasteiger partial charge in [0.15, 0.2) is 0 Å². The van der Waals surface area contributed by atoms with Gasteiger partial charge in [-0.05, 0) is 31.9 Å². The van der Waals surface area contributed by atoms with Gasteiger partial charge in [0, 0.05) is 42.3 Å². The molecule has 1 aliphatic carbocycles. The summed E-state index contributed by atoms with van der Waals surface area (Å²) in [7, 11) is 2.05. The van der Waals surface area contributed by atoms with Crippen LogP contribution in [-0.4, -0.2) is 35.4 Å². The number of benzene rings is 1. The largest absolute Gasteiger partial charge is 0.368 e.